The van der Waals surface area contributed by atoms with E-state index in [-0.39, 0.29) is 5.56 Å². The summed E-state index contributed by atoms with van der Waals surface area (Å²) in [6.45, 7) is 2.15. The predicted octanol–water partition coefficient (Wildman–Crippen LogP) is 3.16. The van der Waals surface area contributed by atoms with Crippen molar-refractivity contribution in [1.29, 1.82) is 0 Å². The second-order valence-electron chi connectivity index (χ2n) is 5.46. The molecule has 0 aromatic heterocycles. The summed E-state index contributed by atoms with van der Waals surface area (Å²) in [4.78, 5) is 23.4. The summed E-state index contributed by atoms with van der Waals surface area (Å²) in [7, 11) is 0. The molecule has 1 atom stereocenters. The molecule has 1 rings (SSSR count). The fourth-order valence-corrected chi connectivity index (χ4v) is 2.30. The van der Waals surface area contributed by atoms with Crippen LogP contribution in [0.5, 0.6) is 0 Å². The Morgan fingerprint density at radius 2 is 1.77 bits per heavy atom. The second kappa shape index (κ2) is 9.92. The van der Waals surface area contributed by atoms with Gasteiger partial charge in [-0.25, -0.2) is 4.39 Å². The van der Waals surface area contributed by atoms with Gasteiger partial charge in [-0.05, 0) is 18.6 Å². The van der Waals surface area contributed by atoms with Crippen LogP contribution in [0, 0.1) is 5.82 Å². The summed E-state index contributed by atoms with van der Waals surface area (Å²) >= 11 is 0. The lowest BCUT2D eigenvalue weighted by molar-refractivity contribution is -0.120. The highest BCUT2D eigenvalue weighted by Gasteiger charge is 2.20. The summed E-state index contributed by atoms with van der Waals surface area (Å²) in [5.74, 6) is -1.80. The number of unbranched alkanes of at least 4 members (excludes halogenated alkanes) is 5. The van der Waals surface area contributed by atoms with Crippen molar-refractivity contribution in [3.8, 4) is 0 Å². The number of halogens is 1. The number of nitrogens with one attached hydrogen (secondary N) is 1. The molecule has 0 radical (unpaired) electrons. The standard InChI is InChI=1S/C17H25FN2O2/c1-2-3-4-5-6-7-12-15(16(19)21)20-17(22)13-10-8-9-11-14(13)18/h8-11,15H,2-7,12H2,1H3,(H2,19,21)(H,20,22)/t15-/m0/s1. The molecular formula is C17H25FN2O2. The van der Waals surface area contributed by atoms with E-state index in [0.717, 1.165) is 19.3 Å². The Morgan fingerprint density at radius 3 is 2.41 bits per heavy atom. The van der Waals surface area contributed by atoms with Crippen LogP contribution >= 0.6 is 0 Å². The lowest BCUT2D eigenvalue weighted by Gasteiger charge is -2.15. The molecule has 3 N–H and O–H groups in total. The van der Waals surface area contributed by atoms with E-state index in [9.17, 15) is 14.0 Å². The highest BCUT2D eigenvalue weighted by molar-refractivity contribution is 5.97. The van der Waals surface area contributed by atoms with Crippen molar-refractivity contribution < 1.29 is 14.0 Å². The van der Waals surface area contributed by atoms with Gasteiger partial charge >= 0.3 is 0 Å². The van der Waals surface area contributed by atoms with Crippen LogP contribution in [0.1, 0.15) is 62.2 Å². The Balaban J connectivity index is 2.45. The molecule has 1 aromatic carbocycles. The molecule has 22 heavy (non-hydrogen) atoms. The molecule has 1 aromatic rings. The van der Waals surface area contributed by atoms with E-state index in [1.807, 2.05) is 0 Å². The number of hydrogen-bond donors (Lipinski definition) is 2. The van der Waals surface area contributed by atoms with Gasteiger partial charge in [0.25, 0.3) is 5.91 Å². The highest BCUT2D eigenvalue weighted by Crippen LogP contribution is 2.10. The molecule has 0 heterocycles. The van der Waals surface area contributed by atoms with Crippen molar-refractivity contribution in [1.82, 2.24) is 5.32 Å². The fourth-order valence-electron chi connectivity index (χ4n) is 2.30. The molecule has 0 fully saturated rings. The van der Waals surface area contributed by atoms with Crippen molar-refractivity contribution >= 4 is 11.8 Å². The summed E-state index contributed by atoms with van der Waals surface area (Å²) in [5.41, 5.74) is 5.24. The monoisotopic (exact) mass is 308 g/mol. The van der Waals surface area contributed by atoms with Crippen LogP contribution in [0.15, 0.2) is 24.3 Å². The molecular weight excluding hydrogens is 283 g/mol. The maximum absolute atomic E-state index is 13.5. The van der Waals surface area contributed by atoms with Gasteiger partial charge in [0, 0.05) is 0 Å². The topological polar surface area (TPSA) is 72.2 Å². The molecule has 0 saturated heterocycles. The number of nitrogens with two attached hydrogens (primary N) is 1. The van der Waals surface area contributed by atoms with Crippen LogP contribution in [0.2, 0.25) is 0 Å². The number of amides is 2. The zero-order chi connectivity index (χ0) is 16.4. The first-order valence-corrected chi connectivity index (χ1v) is 7.91. The molecule has 0 spiro atoms. The van der Waals surface area contributed by atoms with E-state index >= 15 is 0 Å². The Labute approximate surface area is 131 Å². The molecule has 0 aliphatic rings. The van der Waals surface area contributed by atoms with Crippen LogP contribution < -0.4 is 11.1 Å². The molecule has 0 bridgehead atoms. The van der Waals surface area contributed by atoms with Gasteiger partial charge in [-0.2, -0.15) is 0 Å². The summed E-state index contributed by atoms with van der Waals surface area (Å²) in [5, 5.41) is 2.52. The number of carbonyl (C=O) groups excluding carboxylic acids is 2. The maximum Gasteiger partial charge on any atom is 0.254 e. The Hall–Kier alpha value is -1.91. The first kappa shape index (κ1) is 18.1. The lowest BCUT2D eigenvalue weighted by atomic mass is 10.0. The minimum Gasteiger partial charge on any atom is -0.368 e. The average molecular weight is 308 g/mol. The first-order chi connectivity index (χ1) is 10.6. The summed E-state index contributed by atoms with van der Waals surface area (Å²) in [6, 6.07) is 4.92. The largest absolute Gasteiger partial charge is 0.368 e. The van der Waals surface area contributed by atoms with E-state index in [1.165, 1.54) is 37.5 Å². The smallest absolute Gasteiger partial charge is 0.254 e. The quantitative estimate of drug-likeness (QED) is 0.652. The molecule has 0 saturated carbocycles. The third kappa shape index (κ3) is 6.24. The highest BCUT2D eigenvalue weighted by atomic mass is 19.1. The van der Waals surface area contributed by atoms with E-state index in [4.69, 9.17) is 5.73 Å². The molecule has 5 heteroatoms. The van der Waals surface area contributed by atoms with Crippen molar-refractivity contribution in [2.75, 3.05) is 0 Å². The van der Waals surface area contributed by atoms with Gasteiger partial charge in [-0.3, -0.25) is 9.59 Å². The number of rotatable bonds is 10. The van der Waals surface area contributed by atoms with Crippen LogP contribution in [0.4, 0.5) is 4.39 Å². The zero-order valence-electron chi connectivity index (χ0n) is 13.1. The number of primary amides is 1. The predicted molar refractivity (Wildman–Crippen MR) is 84.8 cm³/mol. The van der Waals surface area contributed by atoms with E-state index in [2.05, 4.69) is 12.2 Å². The van der Waals surface area contributed by atoms with Gasteiger partial charge in [0.2, 0.25) is 5.91 Å². The van der Waals surface area contributed by atoms with Gasteiger partial charge in [0.05, 0.1) is 5.56 Å². The van der Waals surface area contributed by atoms with Gasteiger partial charge in [-0.15, -0.1) is 0 Å². The Morgan fingerprint density at radius 1 is 1.14 bits per heavy atom. The van der Waals surface area contributed by atoms with E-state index < -0.39 is 23.7 Å². The van der Waals surface area contributed by atoms with E-state index in [0.29, 0.717) is 6.42 Å². The maximum atomic E-state index is 13.5. The third-order valence-corrected chi connectivity index (χ3v) is 3.61. The molecule has 2 amide bonds. The van der Waals surface area contributed by atoms with Crippen molar-refractivity contribution in [3.05, 3.63) is 35.6 Å². The van der Waals surface area contributed by atoms with Crippen LogP contribution in [0.3, 0.4) is 0 Å². The number of carbonyl (C=O) groups is 2. The van der Waals surface area contributed by atoms with Gasteiger partial charge in [-0.1, -0.05) is 57.6 Å². The van der Waals surface area contributed by atoms with Gasteiger partial charge < -0.3 is 11.1 Å². The molecule has 0 unspecified atom stereocenters. The van der Waals surface area contributed by atoms with Gasteiger partial charge in [0.1, 0.15) is 11.9 Å². The zero-order valence-corrected chi connectivity index (χ0v) is 13.1. The van der Waals surface area contributed by atoms with Crippen LogP contribution in [-0.2, 0) is 4.79 Å². The van der Waals surface area contributed by atoms with Crippen molar-refractivity contribution in [2.45, 2.75) is 57.9 Å². The summed E-state index contributed by atoms with van der Waals surface area (Å²) < 4.78 is 13.5. The average Bonchev–Trinajstić information content (AvgIpc) is 2.49. The Kier molecular flexibility index (Phi) is 8.18. The number of benzene rings is 1. The normalized spacial score (nSPS) is 11.9. The van der Waals surface area contributed by atoms with Crippen LogP contribution in [-0.4, -0.2) is 17.9 Å². The van der Waals surface area contributed by atoms with Gasteiger partial charge in [0.15, 0.2) is 0 Å². The van der Waals surface area contributed by atoms with E-state index in [1.54, 1.807) is 6.07 Å². The first-order valence-electron chi connectivity index (χ1n) is 7.91. The van der Waals surface area contributed by atoms with Crippen molar-refractivity contribution in [3.63, 3.8) is 0 Å². The number of hydrogen-bond acceptors (Lipinski definition) is 2. The fraction of sp³-hybridized carbons (Fsp3) is 0.529. The minimum absolute atomic E-state index is 0.0725. The minimum atomic E-state index is -0.752. The molecule has 0 aliphatic carbocycles. The third-order valence-electron chi connectivity index (χ3n) is 3.61. The lowest BCUT2D eigenvalue weighted by Crippen LogP contribution is -2.44. The molecule has 122 valence electrons. The summed E-state index contributed by atoms with van der Waals surface area (Å²) in [6.07, 6.45) is 6.99. The molecule has 4 nitrogen and oxygen atoms in total. The van der Waals surface area contributed by atoms with Crippen LogP contribution in [0.25, 0.3) is 0 Å². The SMILES string of the molecule is CCCCCCCC[C@H](NC(=O)c1ccccc1F)C(N)=O. The molecule has 0 aliphatic heterocycles. The Bertz CT molecular complexity index is 491. The second-order valence-corrected chi connectivity index (χ2v) is 5.46. The van der Waals surface area contributed by atoms with Crippen molar-refractivity contribution in [2.24, 2.45) is 5.73 Å².